The van der Waals surface area contributed by atoms with Gasteiger partial charge < -0.3 is 13.9 Å². The maximum atomic E-state index is 7.10. The minimum absolute atomic E-state index is 0.851. The van der Waals surface area contributed by atoms with Crippen LogP contribution in [0.3, 0.4) is 0 Å². The van der Waals surface area contributed by atoms with Gasteiger partial charge in [0, 0.05) is 32.9 Å². The van der Waals surface area contributed by atoms with E-state index in [9.17, 15) is 0 Å². The summed E-state index contributed by atoms with van der Waals surface area (Å²) in [6.07, 6.45) is 0. The number of anilines is 3. The first-order valence-electron chi connectivity index (χ1n) is 18.8. The number of nitrogens with zero attached hydrogens (tertiary/aromatic N) is 2. The van der Waals surface area contributed by atoms with Crippen LogP contribution in [0, 0.1) is 0 Å². The number of fused-ring (bicyclic) bond motifs is 8. The highest BCUT2D eigenvalue weighted by atomic mass is 16.3. The van der Waals surface area contributed by atoms with Crippen molar-refractivity contribution >= 4 is 71.6 Å². The van der Waals surface area contributed by atoms with E-state index in [1.54, 1.807) is 0 Å². The Hall–Kier alpha value is -7.36. The molecule has 0 fully saturated rings. The Balaban J connectivity index is 1.21. The summed E-state index contributed by atoms with van der Waals surface area (Å²) in [7, 11) is 0. The Morgan fingerprint density at radius 1 is 0.382 bits per heavy atom. The van der Waals surface area contributed by atoms with E-state index in [2.05, 4.69) is 216 Å². The van der Waals surface area contributed by atoms with Crippen molar-refractivity contribution in [1.29, 1.82) is 0 Å². The minimum atomic E-state index is 0.851. The number of furan rings is 1. The van der Waals surface area contributed by atoms with Gasteiger partial charge in [-0.3, -0.25) is 0 Å². The van der Waals surface area contributed by atoms with Crippen LogP contribution in [0.1, 0.15) is 0 Å². The van der Waals surface area contributed by atoms with Gasteiger partial charge in [-0.1, -0.05) is 152 Å². The maximum absolute atomic E-state index is 7.10. The summed E-state index contributed by atoms with van der Waals surface area (Å²) in [4.78, 5) is 2.39. The molecule has 0 saturated carbocycles. The van der Waals surface area contributed by atoms with Gasteiger partial charge in [0.05, 0.1) is 22.4 Å². The van der Waals surface area contributed by atoms with Gasteiger partial charge in [0.1, 0.15) is 5.58 Å². The lowest BCUT2D eigenvalue weighted by Gasteiger charge is -2.27. The summed E-state index contributed by atoms with van der Waals surface area (Å²) in [5, 5.41) is 6.98. The van der Waals surface area contributed by atoms with Crippen LogP contribution in [0.4, 0.5) is 17.1 Å². The third-order valence-corrected chi connectivity index (χ3v) is 11.0. The smallest absolute Gasteiger partial charge is 0.159 e. The Bertz CT molecular complexity index is 3180. The van der Waals surface area contributed by atoms with Gasteiger partial charge in [-0.15, -0.1) is 0 Å². The van der Waals surface area contributed by atoms with Gasteiger partial charge in [0.15, 0.2) is 5.58 Å². The van der Waals surface area contributed by atoms with Crippen molar-refractivity contribution in [2.45, 2.75) is 0 Å². The topological polar surface area (TPSA) is 21.3 Å². The first-order valence-corrected chi connectivity index (χ1v) is 18.8. The van der Waals surface area contributed by atoms with E-state index in [-0.39, 0.29) is 0 Å². The molecule has 2 heterocycles. The number of aromatic nitrogens is 1. The molecular formula is C52H34N2O. The summed E-state index contributed by atoms with van der Waals surface area (Å²) in [6, 6.07) is 73.7. The third-order valence-electron chi connectivity index (χ3n) is 11.0. The van der Waals surface area contributed by atoms with Crippen LogP contribution in [-0.4, -0.2) is 4.57 Å². The average Bonchev–Trinajstić information content (AvgIpc) is 3.82. The number of rotatable bonds is 6. The predicted molar refractivity (Wildman–Crippen MR) is 231 cm³/mol. The van der Waals surface area contributed by atoms with Crippen molar-refractivity contribution in [3.8, 4) is 27.9 Å². The van der Waals surface area contributed by atoms with Crippen molar-refractivity contribution in [1.82, 2.24) is 4.57 Å². The highest BCUT2D eigenvalue weighted by molar-refractivity contribution is 6.24. The molecule has 0 aliphatic carbocycles. The minimum Gasteiger partial charge on any atom is -0.454 e. The second kappa shape index (κ2) is 12.6. The fourth-order valence-corrected chi connectivity index (χ4v) is 8.56. The molecule has 0 radical (unpaired) electrons. The first kappa shape index (κ1) is 31.2. The fourth-order valence-electron chi connectivity index (χ4n) is 8.56. The van der Waals surface area contributed by atoms with Crippen LogP contribution in [0.25, 0.3) is 82.5 Å². The predicted octanol–water partition coefficient (Wildman–Crippen LogP) is 14.6. The summed E-state index contributed by atoms with van der Waals surface area (Å²) in [5.74, 6) is 0. The lowest BCUT2D eigenvalue weighted by molar-refractivity contribution is 0.669. The number of para-hydroxylation sites is 3. The average molecular weight is 703 g/mol. The van der Waals surface area contributed by atoms with Gasteiger partial charge >= 0.3 is 0 Å². The number of hydrogen-bond donors (Lipinski definition) is 0. The molecule has 258 valence electrons. The lowest BCUT2D eigenvalue weighted by atomic mass is 9.95. The first-order chi connectivity index (χ1) is 27.3. The molecule has 0 atom stereocenters. The number of benzene rings is 9. The van der Waals surface area contributed by atoms with Crippen LogP contribution in [0.2, 0.25) is 0 Å². The quantitative estimate of drug-likeness (QED) is 0.172. The fraction of sp³-hybridized carbons (Fsp3) is 0. The molecule has 11 rings (SSSR count). The largest absolute Gasteiger partial charge is 0.454 e. The summed E-state index contributed by atoms with van der Waals surface area (Å²) in [5.41, 5.74) is 13.0. The van der Waals surface area contributed by atoms with Gasteiger partial charge in [0.2, 0.25) is 0 Å². The highest BCUT2D eigenvalue weighted by Gasteiger charge is 2.25. The molecular weight excluding hydrogens is 669 g/mol. The van der Waals surface area contributed by atoms with Gasteiger partial charge in [-0.05, 0) is 87.6 Å². The molecule has 0 aliphatic rings. The van der Waals surface area contributed by atoms with Crippen molar-refractivity contribution < 1.29 is 4.42 Å². The van der Waals surface area contributed by atoms with E-state index in [0.717, 1.165) is 61.3 Å². The van der Waals surface area contributed by atoms with E-state index >= 15 is 0 Å². The molecule has 55 heavy (non-hydrogen) atoms. The summed E-state index contributed by atoms with van der Waals surface area (Å²) in [6.45, 7) is 0. The molecule has 0 N–H and O–H groups in total. The Morgan fingerprint density at radius 3 is 1.71 bits per heavy atom. The van der Waals surface area contributed by atoms with Crippen molar-refractivity contribution in [2.75, 3.05) is 4.90 Å². The van der Waals surface area contributed by atoms with E-state index in [0.29, 0.717) is 0 Å². The Morgan fingerprint density at radius 2 is 0.945 bits per heavy atom. The Kier molecular flexibility index (Phi) is 7.17. The molecule has 0 unspecified atom stereocenters. The molecule has 0 saturated heterocycles. The van der Waals surface area contributed by atoms with E-state index in [1.807, 2.05) is 0 Å². The van der Waals surface area contributed by atoms with Crippen LogP contribution < -0.4 is 4.90 Å². The maximum Gasteiger partial charge on any atom is 0.159 e. The zero-order valence-electron chi connectivity index (χ0n) is 29.9. The van der Waals surface area contributed by atoms with Crippen LogP contribution in [-0.2, 0) is 0 Å². The normalized spacial score (nSPS) is 11.6. The Labute approximate surface area is 318 Å². The van der Waals surface area contributed by atoms with Gasteiger partial charge in [-0.2, -0.15) is 0 Å². The van der Waals surface area contributed by atoms with E-state index in [1.165, 1.54) is 38.2 Å². The molecule has 3 nitrogen and oxygen atoms in total. The molecule has 0 amide bonds. The zero-order chi connectivity index (χ0) is 36.3. The highest BCUT2D eigenvalue weighted by Crippen LogP contribution is 2.48. The SMILES string of the molecule is c1ccc(-c2ccc(N(c3cccc4c3oc3cc(-c5ccccc5)c5ccccc5c34)c3cccc4c3c3ccccc3n4-c3ccccc3)cc2)cc1. The van der Waals surface area contributed by atoms with Crippen molar-refractivity contribution in [2.24, 2.45) is 0 Å². The van der Waals surface area contributed by atoms with Crippen LogP contribution in [0.15, 0.2) is 211 Å². The summed E-state index contributed by atoms with van der Waals surface area (Å²) >= 11 is 0. The lowest BCUT2D eigenvalue weighted by Crippen LogP contribution is -2.10. The van der Waals surface area contributed by atoms with Crippen LogP contribution >= 0.6 is 0 Å². The molecule has 0 aliphatic heterocycles. The molecule has 2 aromatic heterocycles. The summed E-state index contributed by atoms with van der Waals surface area (Å²) < 4.78 is 9.48. The number of hydrogen-bond acceptors (Lipinski definition) is 2. The second-order valence-corrected chi connectivity index (χ2v) is 14.1. The van der Waals surface area contributed by atoms with E-state index in [4.69, 9.17) is 4.42 Å². The zero-order valence-corrected chi connectivity index (χ0v) is 29.9. The van der Waals surface area contributed by atoms with Gasteiger partial charge in [-0.25, -0.2) is 0 Å². The molecule has 11 aromatic rings. The van der Waals surface area contributed by atoms with Crippen molar-refractivity contribution in [3.05, 3.63) is 206 Å². The van der Waals surface area contributed by atoms with E-state index < -0.39 is 0 Å². The molecule has 9 aromatic carbocycles. The second-order valence-electron chi connectivity index (χ2n) is 14.1. The molecule has 0 bridgehead atoms. The standard InChI is InChI=1S/C52H34N2O/c1-4-16-35(17-5-1)36-30-32-39(33-31-36)54(47-28-15-27-46-51(47)42-24-12-13-26-45(42)53(46)38-20-8-3-9-21-38)48-29-14-25-43-50-41-23-11-10-22-40(41)44(34-49(50)55-52(43)48)37-18-6-2-7-19-37/h1-34H. The van der Waals surface area contributed by atoms with Crippen LogP contribution in [0.5, 0.6) is 0 Å². The molecule has 3 heteroatoms. The molecule has 0 spiro atoms. The third kappa shape index (κ3) is 4.98. The monoisotopic (exact) mass is 702 g/mol. The van der Waals surface area contributed by atoms with Gasteiger partial charge in [0.25, 0.3) is 0 Å². The van der Waals surface area contributed by atoms with Crippen molar-refractivity contribution in [3.63, 3.8) is 0 Å².